The molecule has 0 spiro atoms. The largest absolute Gasteiger partial charge is 0.316 e. The van der Waals surface area contributed by atoms with Crippen molar-refractivity contribution in [3.63, 3.8) is 0 Å². The second kappa shape index (κ2) is 9.09. The Labute approximate surface area is 138 Å². The van der Waals surface area contributed by atoms with Gasteiger partial charge in [-0.3, -0.25) is 0 Å². The van der Waals surface area contributed by atoms with Crippen molar-refractivity contribution in [1.29, 1.82) is 0 Å². The van der Waals surface area contributed by atoms with Crippen LogP contribution in [0.4, 0.5) is 4.39 Å². The van der Waals surface area contributed by atoms with E-state index in [1.807, 2.05) is 6.26 Å². The molecule has 21 heavy (non-hydrogen) atoms. The van der Waals surface area contributed by atoms with Crippen LogP contribution in [0.1, 0.15) is 18.4 Å². The minimum absolute atomic E-state index is 0.265. The summed E-state index contributed by atoms with van der Waals surface area (Å²) in [6.07, 6.45) is 3.67. The van der Waals surface area contributed by atoms with Gasteiger partial charge in [0.1, 0.15) is 10.7 Å². The normalized spacial score (nSPS) is 11.8. The molecule has 0 atom stereocenters. The smallest absolute Gasteiger partial charge is 0.243 e. The molecule has 0 unspecified atom stereocenters. The van der Waals surface area contributed by atoms with Gasteiger partial charge < -0.3 is 5.32 Å². The predicted molar refractivity (Wildman–Crippen MR) is 89.7 cm³/mol. The molecule has 0 aliphatic carbocycles. The molecule has 120 valence electrons. The van der Waals surface area contributed by atoms with E-state index in [-0.39, 0.29) is 11.4 Å². The van der Waals surface area contributed by atoms with E-state index in [0.29, 0.717) is 16.6 Å². The molecule has 0 bridgehead atoms. The molecule has 0 radical (unpaired) electrons. The number of hydrogen-bond acceptors (Lipinski definition) is 4. The number of sulfonamides is 1. The summed E-state index contributed by atoms with van der Waals surface area (Å²) in [6, 6.07) is 2.86. The molecule has 0 saturated heterocycles. The summed E-state index contributed by atoms with van der Waals surface area (Å²) in [6.45, 7) is 0.581. The van der Waals surface area contributed by atoms with Crippen LogP contribution in [-0.4, -0.2) is 34.0 Å². The second-order valence-corrected chi connectivity index (χ2v) is 8.14. The van der Waals surface area contributed by atoms with Gasteiger partial charge in [-0.25, -0.2) is 17.5 Å². The SMILES string of the molecule is CNCc1cc(Br)cc(S(=O)(=O)NCCCCSC)c1F. The topological polar surface area (TPSA) is 58.2 Å². The van der Waals surface area contributed by atoms with Crippen molar-refractivity contribution in [1.82, 2.24) is 10.0 Å². The molecule has 0 heterocycles. The predicted octanol–water partition coefficient (Wildman–Crippen LogP) is 2.73. The van der Waals surface area contributed by atoms with Gasteiger partial charge in [-0.05, 0) is 44.0 Å². The number of halogens is 2. The summed E-state index contributed by atoms with van der Waals surface area (Å²) in [4.78, 5) is -0.313. The van der Waals surface area contributed by atoms with Gasteiger partial charge in [0, 0.05) is 23.1 Å². The Morgan fingerprint density at radius 2 is 2.05 bits per heavy atom. The lowest BCUT2D eigenvalue weighted by Crippen LogP contribution is -2.26. The van der Waals surface area contributed by atoms with Gasteiger partial charge in [0.15, 0.2) is 0 Å². The van der Waals surface area contributed by atoms with Crippen LogP contribution >= 0.6 is 27.7 Å². The van der Waals surface area contributed by atoms with Gasteiger partial charge in [0.25, 0.3) is 0 Å². The van der Waals surface area contributed by atoms with E-state index < -0.39 is 15.8 Å². The number of thioether (sulfide) groups is 1. The highest BCUT2D eigenvalue weighted by Crippen LogP contribution is 2.24. The second-order valence-electron chi connectivity index (χ2n) is 4.51. The van der Waals surface area contributed by atoms with Crippen molar-refractivity contribution in [2.75, 3.05) is 25.6 Å². The maximum atomic E-state index is 14.3. The monoisotopic (exact) mass is 398 g/mol. The summed E-state index contributed by atoms with van der Waals surface area (Å²) in [5.74, 6) is 0.281. The average Bonchev–Trinajstić information content (AvgIpc) is 2.42. The first-order chi connectivity index (χ1) is 9.92. The first-order valence-electron chi connectivity index (χ1n) is 6.53. The molecule has 8 heteroatoms. The Hall–Kier alpha value is -0.150. The summed E-state index contributed by atoms with van der Waals surface area (Å²) in [7, 11) is -2.15. The first kappa shape index (κ1) is 18.9. The minimum Gasteiger partial charge on any atom is -0.316 e. The van der Waals surface area contributed by atoms with Crippen LogP contribution in [-0.2, 0) is 16.6 Å². The molecule has 0 fully saturated rings. The zero-order valence-corrected chi connectivity index (χ0v) is 15.3. The van der Waals surface area contributed by atoms with Gasteiger partial charge in [0.2, 0.25) is 10.0 Å². The van der Waals surface area contributed by atoms with Crippen molar-refractivity contribution in [2.24, 2.45) is 0 Å². The van der Waals surface area contributed by atoms with E-state index in [1.54, 1.807) is 24.9 Å². The number of hydrogen-bond donors (Lipinski definition) is 2. The van der Waals surface area contributed by atoms with Gasteiger partial charge in [0.05, 0.1) is 0 Å². The van der Waals surface area contributed by atoms with Crippen molar-refractivity contribution >= 4 is 37.7 Å². The number of unbranched alkanes of at least 4 members (excludes halogenated alkanes) is 1. The zero-order chi connectivity index (χ0) is 15.9. The van der Waals surface area contributed by atoms with Crippen LogP contribution in [0.25, 0.3) is 0 Å². The molecular weight excluding hydrogens is 379 g/mol. The van der Waals surface area contributed by atoms with E-state index in [0.717, 1.165) is 18.6 Å². The summed E-state index contributed by atoms with van der Waals surface area (Å²) < 4.78 is 41.7. The molecule has 2 N–H and O–H groups in total. The molecule has 4 nitrogen and oxygen atoms in total. The first-order valence-corrected chi connectivity index (χ1v) is 10.2. The van der Waals surface area contributed by atoms with E-state index >= 15 is 0 Å². The Kier molecular flexibility index (Phi) is 8.18. The Morgan fingerprint density at radius 3 is 2.67 bits per heavy atom. The fraction of sp³-hybridized carbons (Fsp3) is 0.538. The third-order valence-corrected chi connectivity index (χ3v) is 5.42. The highest BCUT2D eigenvalue weighted by molar-refractivity contribution is 9.10. The Balaban J connectivity index is 2.87. The highest BCUT2D eigenvalue weighted by Gasteiger charge is 2.21. The third kappa shape index (κ3) is 5.86. The quantitative estimate of drug-likeness (QED) is 0.627. The van der Waals surface area contributed by atoms with Crippen molar-refractivity contribution in [3.8, 4) is 0 Å². The maximum absolute atomic E-state index is 14.3. The van der Waals surface area contributed by atoms with Crippen LogP contribution in [0.5, 0.6) is 0 Å². The zero-order valence-electron chi connectivity index (χ0n) is 12.1. The van der Waals surface area contributed by atoms with Crippen molar-refractivity contribution in [2.45, 2.75) is 24.3 Å². The lowest BCUT2D eigenvalue weighted by atomic mass is 10.2. The molecule has 0 aromatic heterocycles. The van der Waals surface area contributed by atoms with E-state index in [4.69, 9.17) is 0 Å². The molecule has 1 aromatic rings. The Bertz CT molecular complexity index is 568. The maximum Gasteiger partial charge on any atom is 0.243 e. The third-order valence-electron chi connectivity index (χ3n) is 2.80. The van der Waals surface area contributed by atoms with Crippen LogP contribution in [0.2, 0.25) is 0 Å². The molecule has 0 amide bonds. The molecule has 0 saturated carbocycles. The van der Waals surface area contributed by atoms with Gasteiger partial charge in [-0.1, -0.05) is 15.9 Å². The fourth-order valence-corrected chi connectivity index (χ4v) is 4.16. The molecular formula is C13H20BrFN2O2S2. The van der Waals surface area contributed by atoms with Crippen molar-refractivity contribution < 1.29 is 12.8 Å². The van der Waals surface area contributed by atoms with Crippen LogP contribution in [0.3, 0.4) is 0 Å². The number of rotatable bonds is 9. The lowest BCUT2D eigenvalue weighted by molar-refractivity contribution is 0.544. The fourth-order valence-electron chi connectivity index (χ4n) is 1.79. The van der Waals surface area contributed by atoms with Gasteiger partial charge >= 0.3 is 0 Å². The summed E-state index contributed by atoms with van der Waals surface area (Å²) in [5, 5.41) is 2.82. The lowest BCUT2D eigenvalue weighted by Gasteiger charge is -2.11. The molecule has 1 aromatic carbocycles. The van der Waals surface area contributed by atoms with Crippen LogP contribution in [0, 0.1) is 5.82 Å². The van der Waals surface area contributed by atoms with E-state index in [1.165, 1.54) is 6.07 Å². The Morgan fingerprint density at radius 1 is 1.33 bits per heavy atom. The van der Waals surface area contributed by atoms with E-state index in [9.17, 15) is 12.8 Å². The molecule has 1 rings (SSSR count). The average molecular weight is 399 g/mol. The number of benzene rings is 1. The summed E-state index contributed by atoms with van der Waals surface area (Å²) in [5.41, 5.74) is 0.314. The molecule has 0 aliphatic heterocycles. The highest BCUT2D eigenvalue weighted by atomic mass is 79.9. The van der Waals surface area contributed by atoms with Crippen LogP contribution < -0.4 is 10.0 Å². The van der Waals surface area contributed by atoms with Gasteiger partial charge in [-0.2, -0.15) is 11.8 Å². The summed E-state index contributed by atoms with van der Waals surface area (Å²) >= 11 is 4.94. The number of nitrogens with one attached hydrogen (secondary N) is 2. The minimum atomic E-state index is -3.83. The van der Waals surface area contributed by atoms with Crippen molar-refractivity contribution in [3.05, 3.63) is 28.0 Å². The van der Waals surface area contributed by atoms with E-state index in [2.05, 4.69) is 26.0 Å². The van der Waals surface area contributed by atoms with Crippen LogP contribution in [0.15, 0.2) is 21.5 Å². The molecule has 0 aliphatic rings. The van der Waals surface area contributed by atoms with Gasteiger partial charge in [-0.15, -0.1) is 0 Å². The standard InChI is InChI=1S/C13H20BrFN2O2S2/c1-16-9-10-7-11(14)8-12(13(10)15)21(18,19)17-5-3-4-6-20-2/h7-8,16-17H,3-6,9H2,1-2H3.